The third-order valence-electron chi connectivity index (χ3n) is 3.89. The molecule has 108 valence electrons. The number of carboxylic acids is 1. The number of carboxylic acid groups (broad SMARTS) is 1. The van der Waals surface area contributed by atoms with E-state index >= 15 is 0 Å². The first-order valence-corrected chi connectivity index (χ1v) is 7.23. The Bertz CT molecular complexity index is 478. The molecule has 4 nitrogen and oxygen atoms in total. The standard InChI is InChI=1S/C16H21NO3/c18-15(19)10-13-8-4-5-9-14(13)11-17-16(20)12-6-2-1-3-7-12/h4-5,8-9,12H,1-3,6-7,10-11H2,(H,17,20)(H,18,19). The van der Waals surface area contributed by atoms with Crippen molar-refractivity contribution in [3.05, 3.63) is 35.4 Å². The Morgan fingerprint density at radius 3 is 2.40 bits per heavy atom. The molecule has 0 bridgehead atoms. The van der Waals surface area contributed by atoms with Crippen LogP contribution in [0, 0.1) is 5.92 Å². The summed E-state index contributed by atoms with van der Waals surface area (Å²) in [6.07, 6.45) is 5.44. The van der Waals surface area contributed by atoms with Gasteiger partial charge in [0.05, 0.1) is 6.42 Å². The first-order chi connectivity index (χ1) is 9.66. The highest BCUT2D eigenvalue weighted by Gasteiger charge is 2.20. The quantitative estimate of drug-likeness (QED) is 0.867. The molecule has 1 aromatic carbocycles. The maximum Gasteiger partial charge on any atom is 0.307 e. The lowest BCUT2D eigenvalue weighted by molar-refractivity contribution is -0.136. The molecule has 1 saturated carbocycles. The third kappa shape index (κ3) is 4.08. The maximum atomic E-state index is 12.1. The molecule has 1 fully saturated rings. The minimum absolute atomic E-state index is 0.00449. The van der Waals surface area contributed by atoms with Gasteiger partial charge < -0.3 is 10.4 Å². The molecule has 0 atom stereocenters. The van der Waals surface area contributed by atoms with Gasteiger partial charge in [0.1, 0.15) is 0 Å². The molecule has 0 aliphatic heterocycles. The molecule has 0 unspecified atom stereocenters. The highest BCUT2D eigenvalue weighted by atomic mass is 16.4. The van der Waals surface area contributed by atoms with E-state index in [0.717, 1.165) is 36.8 Å². The van der Waals surface area contributed by atoms with Crippen LogP contribution in [0.1, 0.15) is 43.2 Å². The second-order valence-electron chi connectivity index (χ2n) is 5.39. The van der Waals surface area contributed by atoms with Crippen molar-refractivity contribution in [2.45, 2.75) is 45.1 Å². The van der Waals surface area contributed by atoms with Gasteiger partial charge in [-0.2, -0.15) is 0 Å². The number of benzene rings is 1. The fourth-order valence-electron chi connectivity index (χ4n) is 2.76. The number of hydrogen-bond donors (Lipinski definition) is 2. The van der Waals surface area contributed by atoms with Crippen LogP contribution in [0.4, 0.5) is 0 Å². The van der Waals surface area contributed by atoms with Crippen molar-refractivity contribution >= 4 is 11.9 Å². The number of hydrogen-bond acceptors (Lipinski definition) is 2. The van der Waals surface area contributed by atoms with Crippen LogP contribution in [0.15, 0.2) is 24.3 Å². The SMILES string of the molecule is O=C(O)Cc1ccccc1CNC(=O)C1CCCCC1. The lowest BCUT2D eigenvalue weighted by Crippen LogP contribution is -2.31. The molecule has 1 amide bonds. The van der Waals surface area contributed by atoms with E-state index in [0.29, 0.717) is 6.54 Å². The Balaban J connectivity index is 1.92. The second kappa shape index (κ2) is 7.08. The summed E-state index contributed by atoms with van der Waals surface area (Å²) in [6, 6.07) is 7.37. The Morgan fingerprint density at radius 2 is 1.75 bits per heavy atom. The molecule has 20 heavy (non-hydrogen) atoms. The average molecular weight is 275 g/mol. The summed E-state index contributed by atoms with van der Waals surface area (Å²) < 4.78 is 0. The number of carbonyl (C=O) groups is 2. The van der Waals surface area contributed by atoms with Gasteiger partial charge in [-0.1, -0.05) is 43.5 Å². The molecule has 1 aliphatic carbocycles. The van der Waals surface area contributed by atoms with Crippen molar-refractivity contribution in [2.75, 3.05) is 0 Å². The molecule has 0 spiro atoms. The minimum Gasteiger partial charge on any atom is -0.481 e. The van der Waals surface area contributed by atoms with Crippen molar-refractivity contribution in [1.29, 1.82) is 0 Å². The van der Waals surface area contributed by atoms with Gasteiger partial charge in [-0.25, -0.2) is 0 Å². The van der Waals surface area contributed by atoms with E-state index in [-0.39, 0.29) is 18.2 Å². The monoisotopic (exact) mass is 275 g/mol. The van der Waals surface area contributed by atoms with E-state index in [2.05, 4.69) is 5.32 Å². The van der Waals surface area contributed by atoms with E-state index in [4.69, 9.17) is 5.11 Å². The van der Waals surface area contributed by atoms with Crippen LogP contribution >= 0.6 is 0 Å². The Morgan fingerprint density at radius 1 is 1.10 bits per heavy atom. The first-order valence-electron chi connectivity index (χ1n) is 7.23. The van der Waals surface area contributed by atoms with Crippen LogP contribution < -0.4 is 5.32 Å². The molecule has 0 heterocycles. The molecule has 4 heteroatoms. The van der Waals surface area contributed by atoms with E-state index in [1.165, 1.54) is 6.42 Å². The first kappa shape index (κ1) is 14.6. The van der Waals surface area contributed by atoms with Gasteiger partial charge in [0, 0.05) is 12.5 Å². The van der Waals surface area contributed by atoms with E-state index in [1.807, 2.05) is 18.2 Å². The van der Waals surface area contributed by atoms with E-state index in [9.17, 15) is 9.59 Å². The number of rotatable bonds is 5. The van der Waals surface area contributed by atoms with Gasteiger partial charge in [-0.15, -0.1) is 0 Å². The van der Waals surface area contributed by atoms with E-state index in [1.54, 1.807) is 6.07 Å². The number of amides is 1. The minimum atomic E-state index is -0.851. The summed E-state index contributed by atoms with van der Waals surface area (Å²) in [6.45, 7) is 0.415. The Kier molecular flexibility index (Phi) is 5.16. The largest absolute Gasteiger partial charge is 0.481 e. The van der Waals surface area contributed by atoms with Gasteiger partial charge in [0.15, 0.2) is 0 Å². The number of nitrogens with one attached hydrogen (secondary N) is 1. The Labute approximate surface area is 119 Å². The molecule has 0 saturated heterocycles. The molecule has 2 rings (SSSR count). The second-order valence-corrected chi connectivity index (χ2v) is 5.39. The van der Waals surface area contributed by atoms with Crippen LogP contribution in [-0.4, -0.2) is 17.0 Å². The normalized spacial score (nSPS) is 15.8. The summed E-state index contributed by atoms with van der Waals surface area (Å²) >= 11 is 0. The summed E-state index contributed by atoms with van der Waals surface area (Å²) in [5.74, 6) is -0.610. The predicted octanol–water partition coefficient (Wildman–Crippen LogP) is 2.51. The van der Waals surface area contributed by atoms with Crippen LogP contribution in [0.25, 0.3) is 0 Å². The zero-order valence-corrected chi connectivity index (χ0v) is 11.6. The van der Waals surface area contributed by atoms with Crippen molar-refractivity contribution in [3.8, 4) is 0 Å². The molecular formula is C16H21NO3. The maximum absolute atomic E-state index is 12.1. The summed E-state index contributed by atoms with van der Waals surface area (Å²) in [4.78, 5) is 22.9. The Hall–Kier alpha value is -1.84. The predicted molar refractivity (Wildman–Crippen MR) is 76.2 cm³/mol. The highest BCUT2D eigenvalue weighted by molar-refractivity contribution is 5.78. The zero-order valence-electron chi connectivity index (χ0n) is 11.6. The average Bonchev–Trinajstić information content (AvgIpc) is 2.46. The van der Waals surface area contributed by atoms with Crippen LogP contribution in [-0.2, 0) is 22.6 Å². The molecule has 0 aromatic heterocycles. The fourth-order valence-corrected chi connectivity index (χ4v) is 2.76. The molecule has 0 radical (unpaired) electrons. The number of carbonyl (C=O) groups excluding carboxylic acids is 1. The lowest BCUT2D eigenvalue weighted by Gasteiger charge is -2.21. The topological polar surface area (TPSA) is 66.4 Å². The van der Waals surface area contributed by atoms with Gasteiger partial charge >= 0.3 is 5.97 Å². The third-order valence-corrected chi connectivity index (χ3v) is 3.89. The molecular weight excluding hydrogens is 254 g/mol. The van der Waals surface area contributed by atoms with Crippen molar-refractivity contribution in [1.82, 2.24) is 5.32 Å². The van der Waals surface area contributed by atoms with Crippen molar-refractivity contribution in [2.24, 2.45) is 5.92 Å². The van der Waals surface area contributed by atoms with Gasteiger partial charge in [0.25, 0.3) is 0 Å². The smallest absolute Gasteiger partial charge is 0.307 e. The van der Waals surface area contributed by atoms with E-state index < -0.39 is 5.97 Å². The van der Waals surface area contributed by atoms with Crippen LogP contribution in [0.5, 0.6) is 0 Å². The lowest BCUT2D eigenvalue weighted by atomic mass is 9.88. The summed E-state index contributed by atoms with van der Waals surface area (Å²) in [7, 11) is 0. The van der Waals surface area contributed by atoms with Crippen molar-refractivity contribution < 1.29 is 14.7 Å². The number of aliphatic carboxylic acids is 1. The highest BCUT2D eigenvalue weighted by Crippen LogP contribution is 2.23. The molecule has 1 aliphatic rings. The van der Waals surface area contributed by atoms with Gasteiger partial charge in [-0.05, 0) is 24.0 Å². The summed E-state index contributed by atoms with van der Waals surface area (Å²) in [5.41, 5.74) is 1.66. The zero-order chi connectivity index (χ0) is 14.4. The van der Waals surface area contributed by atoms with Gasteiger partial charge in [0.2, 0.25) is 5.91 Å². The fraction of sp³-hybridized carbons (Fsp3) is 0.500. The summed E-state index contributed by atoms with van der Waals surface area (Å²) in [5, 5.41) is 11.8. The van der Waals surface area contributed by atoms with Gasteiger partial charge in [-0.3, -0.25) is 9.59 Å². The van der Waals surface area contributed by atoms with Crippen LogP contribution in [0.2, 0.25) is 0 Å². The van der Waals surface area contributed by atoms with Crippen LogP contribution in [0.3, 0.4) is 0 Å². The molecule has 2 N–H and O–H groups in total. The van der Waals surface area contributed by atoms with Crippen molar-refractivity contribution in [3.63, 3.8) is 0 Å². The molecule has 1 aromatic rings.